The number of rotatable bonds is 6. The number of amides is 1. The molecule has 0 bridgehead atoms. The second kappa shape index (κ2) is 8.26. The van der Waals surface area contributed by atoms with Crippen molar-refractivity contribution >= 4 is 17.7 Å². The molecular formula is C22H27NO3S. The van der Waals surface area contributed by atoms with Crippen molar-refractivity contribution in [2.45, 2.75) is 49.8 Å². The molecule has 0 radical (unpaired) electrons. The molecule has 0 aliphatic carbocycles. The number of carbonyl (C=O) groups is 1. The zero-order valence-corrected chi connectivity index (χ0v) is 17.1. The first-order chi connectivity index (χ1) is 12.9. The molecule has 0 saturated heterocycles. The van der Waals surface area contributed by atoms with Crippen LogP contribution in [0, 0.1) is 0 Å². The van der Waals surface area contributed by atoms with Gasteiger partial charge in [0, 0.05) is 17.7 Å². The summed E-state index contributed by atoms with van der Waals surface area (Å²) in [6.45, 7) is 6.06. The SMILES string of the molecule is COc1ccc2c(c1)C(NC(=O)C(C)SCc1ccccc1)CC(C)(C)O2. The molecule has 3 rings (SSSR count). The van der Waals surface area contributed by atoms with Crippen molar-refractivity contribution in [2.75, 3.05) is 7.11 Å². The highest BCUT2D eigenvalue weighted by molar-refractivity contribution is 7.99. The van der Waals surface area contributed by atoms with E-state index in [0.29, 0.717) is 0 Å². The molecule has 2 atom stereocenters. The standard InChI is InChI=1S/C22H27NO3S/c1-15(27-14-16-8-6-5-7-9-16)21(24)23-19-13-22(2,3)26-20-11-10-17(25-4)12-18(19)20/h5-12,15,19H,13-14H2,1-4H3,(H,23,24). The second-order valence-electron chi connectivity index (χ2n) is 7.47. The van der Waals surface area contributed by atoms with Crippen LogP contribution in [0.15, 0.2) is 48.5 Å². The van der Waals surface area contributed by atoms with Gasteiger partial charge in [-0.3, -0.25) is 4.79 Å². The van der Waals surface area contributed by atoms with Gasteiger partial charge in [0.25, 0.3) is 0 Å². The molecule has 2 unspecified atom stereocenters. The van der Waals surface area contributed by atoms with Crippen LogP contribution in [0.3, 0.4) is 0 Å². The number of hydrogen-bond acceptors (Lipinski definition) is 4. The number of ether oxygens (including phenoxy) is 2. The predicted molar refractivity (Wildman–Crippen MR) is 110 cm³/mol. The van der Waals surface area contributed by atoms with Gasteiger partial charge in [0.2, 0.25) is 5.91 Å². The van der Waals surface area contributed by atoms with E-state index in [2.05, 4.69) is 17.4 Å². The normalized spacial score (nSPS) is 18.7. The number of nitrogens with one attached hydrogen (secondary N) is 1. The van der Waals surface area contributed by atoms with Gasteiger partial charge in [-0.15, -0.1) is 11.8 Å². The fourth-order valence-corrected chi connectivity index (χ4v) is 4.10. The molecule has 1 amide bonds. The molecule has 2 aromatic rings. The van der Waals surface area contributed by atoms with Crippen LogP contribution in [-0.4, -0.2) is 23.9 Å². The minimum Gasteiger partial charge on any atom is -0.497 e. The third kappa shape index (κ3) is 4.98. The summed E-state index contributed by atoms with van der Waals surface area (Å²) in [5.74, 6) is 2.44. The third-order valence-electron chi connectivity index (χ3n) is 4.70. The molecule has 144 valence electrons. The number of hydrogen-bond donors (Lipinski definition) is 1. The summed E-state index contributed by atoms with van der Waals surface area (Å²) < 4.78 is 11.4. The Morgan fingerprint density at radius 2 is 2.04 bits per heavy atom. The predicted octanol–water partition coefficient (Wildman–Crippen LogP) is 4.74. The molecule has 0 spiro atoms. The zero-order valence-electron chi connectivity index (χ0n) is 16.3. The van der Waals surface area contributed by atoms with Crippen LogP contribution in [0.4, 0.5) is 0 Å². The first kappa shape index (κ1) is 19.6. The molecule has 27 heavy (non-hydrogen) atoms. The van der Waals surface area contributed by atoms with Gasteiger partial charge in [-0.1, -0.05) is 30.3 Å². The lowest BCUT2D eigenvalue weighted by Crippen LogP contribution is -2.43. The highest BCUT2D eigenvalue weighted by Gasteiger charge is 2.35. The summed E-state index contributed by atoms with van der Waals surface area (Å²) >= 11 is 1.65. The van der Waals surface area contributed by atoms with Crippen molar-refractivity contribution in [1.29, 1.82) is 0 Å². The summed E-state index contributed by atoms with van der Waals surface area (Å²) in [7, 11) is 1.64. The first-order valence-electron chi connectivity index (χ1n) is 9.21. The van der Waals surface area contributed by atoms with E-state index in [9.17, 15) is 4.79 Å². The van der Waals surface area contributed by atoms with Gasteiger partial charge in [-0.25, -0.2) is 0 Å². The van der Waals surface area contributed by atoms with E-state index in [1.165, 1.54) is 5.56 Å². The molecule has 0 aromatic heterocycles. The molecule has 1 heterocycles. The lowest BCUT2D eigenvalue weighted by Gasteiger charge is -2.38. The smallest absolute Gasteiger partial charge is 0.233 e. The summed E-state index contributed by atoms with van der Waals surface area (Å²) in [5.41, 5.74) is 1.87. The van der Waals surface area contributed by atoms with Crippen LogP contribution >= 0.6 is 11.8 Å². The average Bonchev–Trinajstić information content (AvgIpc) is 2.65. The molecule has 5 heteroatoms. The van der Waals surface area contributed by atoms with Gasteiger partial charge in [0.1, 0.15) is 17.1 Å². The highest BCUT2D eigenvalue weighted by atomic mass is 32.2. The summed E-state index contributed by atoms with van der Waals surface area (Å²) in [4.78, 5) is 12.8. The van der Waals surface area contributed by atoms with Gasteiger partial charge < -0.3 is 14.8 Å². The maximum Gasteiger partial charge on any atom is 0.233 e. The van der Waals surface area contributed by atoms with E-state index in [-0.39, 0.29) is 22.8 Å². The van der Waals surface area contributed by atoms with Crippen molar-refractivity contribution in [2.24, 2.45) is 0 Å². The van der Waals surface area contributed by atoms with Gasteiger partial charge in [-0.05, 0) is 44.5 Å². The number of thioether (sulfide) groups is 1. The average molecular weight is 386 g/mol. The van der Waals surface area contributed by atoms with Crippen molar-refractivity contribution < 1.29 is 14.3 Å². The fourth-order valence-electron chi connectivity index (χ4n) is 3.25. The van der Waals surface area contributed by atoms with E-state index in [1.54, 1.807) is 18.9 Å². The quantitative estimate of drug-likeness (QED) is 0.780. The van der Waals surface area contributed by atoms with Crippen LogP contribution in [0.25, 0.3) is 0 Å². The number of methoxy groups -OCH3 is 1. The second-order valence-corrected chi connectivity index (χ2v) is 8.80. The Bertz CT molecular complexity index is 791. The Morgan fingerprint density at radius 3 is 2.74 bits per heavy atom. The number of carbonyl (C=O) groups excluding carboxylic acids is 1. The molecular weight excluding hydrogens is 358 g/mol. The topological polar surface area (TPSA) is 47.6 Å². The maximum atomic E-state index is 12.8. The summed E-state index contributed by atoms with van der Waals surface area (Å²) in [6, 6.07) is 15.9. The molecule has 2 aromatic carbocycles. The van der Waals surface area contributed by atoms with Gasteiger partial charge in [0.15, 0.2) is 0 Å². The van der Waals surface area contributed by atoms with Crippen LogP contribution < -0.4 is 14.8 Å². The zero-order chi connectivity index (χ0) is 19.4. The first-order valence-corrected chi connectivity index (χ1v) is 10.3. The Kier molecular flexibility index (Phi) is 6.00. The molecule has 0 saturated carbocycles. The lowest BCUT2D eigenvalue weighted by molar-refractivity contribution is -0.121. The van der Waals surface area contributed by atoms with Crippen molar-refractivity contribution in [1.82, 2.24) is 5.32 Å². The summed E-state index contributed by atoms with van der Waals surface area (Å²) in [5, 5.41) is 3.09. The van der Waals surface area contributed by atoms with E-state index in [0.717, 1.165) is 29.2 Å². The Morgan fingerprint density at radius 1 is 1.30 bits per heavy atom. The van der Waals surface area contributed by atoms with Crippen LogP contribution in [0.5, 0.6) is 11.5 Å². The molecule has 1 aliphatic heterocycles. The Hall–Kier alpha value is -2.14. The molecule has 1 aliphatic rings. The molecule has 0 fully saturated rings. The van der Waals surface area contributed by atoms with E-state index >= 15 is 0 Å². The third-order valence-corrected chi connectivity index (χ3v) is 5.92. The van der Waals surface area contributed by atoms with Crippen molar-refractivity contribution in [3.63, 3.8) is 0 Å². The lowest BCUT2D eigenvalue weighted by atomic mass is 9.89. The van der Waals surface area contributed by atoms with Gasteiger partial charge in [-0.2, -0.15) is 0 Å². The largest absolute Gasteiger partial charge is 0.497 e. The van der Waals surface area contributed by atoms with Gasteiger partial charge in [0.05, 0.1) is 18.4 Å². The fraction of sp³-hybridized carbons (Fsp3) is 0.409. The van der Waals surface area contributed by atoms with Gasteiger partial charge >= 0.3 is 0 Å². The monoisotopic (exact) mass is 385 g/mol. The Balaban J connectivity index is 1.69. The van der Waals surface area contributed by atoms with E-state index in [1.807, 2.05) is 57.2 Å². The van der Waals surface area contributed by atoms with E-state index < -0.39 is 0 Å². The van der Waals surface area contributed by atoms with E-state index in [4.69, 9.17) is 9.47 Å². The summed E-state index contributed by atoms with van der Waals surface area (Å²) in [6.07, 6.45) is 0.717. The minimum atomic E-state index is -0.333. The molecule has 4 nitrogen and oxygen atoms in total. The highest BCUT2D eigenvalue weighted by Crippen LogP contribution is 2.41. The van der Waals surface area contributed by atoms with Crippen LogP contribution in [-0.2, 0) is 10.5 Å². The number of fused-ring (bicyclic) bond motifs is 1. The Labute approximate surface area is 165 Å². The minimum absolute atomic E-state index is 0.0485. The van der Waals surface area contributed by atoms with Crippen LogP contribution in [0.1, 0.15) is 44.4 Å². The van der Waals surface area contributed by atoms with Crippen molar-refractivity contribution in [3.05, 3.63) is 59.7 Å². The molecule has 1 N–H and O–H groups in total. The maximum absolute atomic E-state index is 12.8. The van der Waals surface area contributed by atoms with Crippen LogP contribution in [0.2, 0.25) is 0 Å². The van der Waals surface area contributed by atoms with Crippen molar-refractivity contribution in [3.8, 4) is 11.5 Å². The number of benzene rings is 2.